The number of hydrogen-bond donors (Lipinski definition) is 0. The first-order valence-electron chi connectivity index (χ1n) is 12.3. The molecule has 32 heavy (non-hydrogen) atoms. The second-order valence-electron chi connectivity index (χ2n) is 9.65. The van der Waals surface area contributed by atoms with Crippen LogP contribution in [0.1, 0.15) is 87.2 Å². The number of carbonyl (C=O) groups is 2. The number of nitrogens with zero attached hydrogens (tertiary/aromatic N) is 1. The summed E-state index contributed by atoms with van der Waals surface area (Å²) in [5.41, 5.74) is 0.727. The molecule has 178 valence electrons. The maximum atomic E-state index is 13.8. The fourth-order valence-electron chi connectivity index (χ4n) is 5.41. The Morgan fingerprint density at radius 3 is 2.44 bits per heavy atom. The van der Waals surface area contributed by atoms with E-state index in [9.17, 15) is 9.59 Å². The van der Waals surface area contributed by atoms with Crippen molar-refractivity contribution in [3.8, 4) is 0 Å². The van der Waals surface area contributed by atoms with E-state index in [1.165, 1.54) is 18.4 Å². The molecule has 1 aliphatic heterocycles. The van der Waals surface area contributed by atoms with Crippen LogP contribution >= 0.6 is 11.3 Å². The predicted molar refractivity (Wildman–Crippen MR) is 125 cm³/mol. The third-order valence-electron chi connectivity index (χ3n) is 7.37. The Kier molecular flexibility index (Phi) is 8.24. The number of ether oxygens (including phenoxy) is 3. The lowest BCUT2D eigenvalue weighted by atomic mass is 9.81. The number of amides is 1. The lowest BCUT2D eigenvalue weighted by molar-refractivity contribution is -0.193. The van der Waals surface area contributed by atoms with Gasteiger partial charge in [-0.3, -0.25) is 4.79 Å². The minimum absolute atomic E-state index is 0.0428. The standard InChI is InChI=1S/C25H37NO5S/c1-17-6-8-18(9-7-17)24(27)26(21-14-16-32-23(21)25(28)29-2)19-10-12-20(13-11-19)31-22-5-3-4-15-30-22/h14,16-20,22H,3-13,15H2,1-2H3. The fourth-order valence-corrected chi connectivity index (χ4v) is 6.21. The molecule has 1 aromatic rings. The van der Waals surface area contributed by atoms with E-state index in [-0.39, 0.29) is 36.2 Å². The highest BCUT2D eigenvalue weighted by Gasteiger charge is 2.37. The van der Waals surface area contributed by atoms with E-state index in [2.05, 4.69) is 6.92 Å². The molecule has 0 aromatic carbocycles. The van der Waals surface area contributed by atoms with Crippen molar-refractivity contribution >= 4 is 28.9 Å². The van der Waals surface area contributed by atoms with Crippen molar-refractivity contribution in [2.45, 2.75) is 96.0 Å². The van der Waals surface area contributed by atoms with Gasteiger partial charge in [-0.2, -0.15) is 0 Å². The van der Waals surface area contributed by atoms with Gasteiger partial charge in [0.2, 0.25) is 5.91 Å². The van der Waals surface area contributed by atoms with E-state index in [1.54, 1.807) is 0 Å². The van der Waals surface area contributed by atoms with E-state index in [0.29, 0.717) is 10.8 Å². The van der Waals surface area contributed by atoms with Gasteiger partial charge in [0, 0.05) is 18.6 Å². The van der Waals surface area contributed by atoms with Gasteiger partial charge >= 0.3 is 5.97 Å². The summed E-state index contributed by atoms with van der Waals surface area (Å²) in [6.07, 6.45) is 11.0. The van der Waals surface area contributed by atoms with Crippen LogP contribution < -0.4 is 4.90 Å². The Labute approximate surface area is 195 Å². The molecular weight excluding hydrogens is 426 g/mol. The molecule has 0 spiro atoms. The van der Waals surface area contributed by atoms with Crippen molar-refractivity contribution in [1.82, 2.24) is 0 Å². The molecule has 1 unspecified atom stereocenters. The SMILES string of the molecule is COC(=O)c1sccc1N(C(=O)C1CCC(C)CC1)C1CCC(OC2CCCCO2)CC1. The van der Waals surface area contributed by atoms with Crippen LogP contribution in [0.25, 0.3) is 0 Å². The molecule has 1 aromatic heterocycles. The maximum absolute atomic E-state index is 13.8. The number of esters is 1. The molecule has 0 N–H and O–H groups in total. The van der Waals surface area contributed by atoms with Gasteiger partial charge in [0.25, 0.3) is 0 Å². The summed E-state index contributed by atoms with van der Waals surface area (Å²) in [5, 5.41) is 1.89. The van der Waals surface area contributed by atoms with Gasteiger partial charge in [-0.05, 0) is 88.0 Å². The van der Waals surface area contributed by atoms with Crippen LogP contribution in [0, 0.1) is 11.8 Å². The van der Waals surface area contributed by atoms with Crippen LogP contribution in [-0.4, -0.2) is 44.0 Å². The van der Waals surface area contributed by atoms with Crippen molar-refractivity contribution in [3.63, 3.8) is 0 Å². The molecule has 0 radical (unpaired) electrons. The van der Waals surface area contributed by atoms with Gasteiger partial charge in [0.1, 0.15) is 4.88 Å². The van der Waals surface area contributed by atoms with Crippen LogP contribution in [0.2, 0.25) is 0 Å². The first-order valence-corrected chi connectivity index (χ1v) is 13.2. The maximum Gasteiger partial charge on any atom is 0.350 e. The average Bonchev–Trinajstić information content (AvgIpc) is 3.30. The highest BCUT2D eigenvalue weighted by molar-refractivity contribution is 7.12. The molecule has 7 heteroatoms. The zero-order valence-corrected chi connectivity index (χ0v) is 20.2. The summed E-state index contributed by atoms with van der Waals surface area (Å²) in [6.45, 7) is 3.06. The number of hydrogen-bond acceptors (Lipinski definition) is 6. The normalized spacial score (nSPS) is 31.1. The molecule has 2 heterocycles. The molecule has 1 saturated heterocycles. The Balaban J connectivity index is 1.48. The molecule has 1 amide bonds. The monoisotopic (exact) mass is 463 g/mol. The van der Waals surface area contributed by atoms with Crippen LogP contribution in [0.5, 0.6) is 0 Å². The van der Waals surface area contributed by atoms with Crippen molar-refractivity contribution in [1.29, 1.82) is 0 Å². The Bertz CT molecular complexity index is 758. The highest BCUT2D eigenvalue weighted by Crippen LogP contribution is 2.38. The molecule has 0 bridgehead atoms. The van der Waals surface area contributed by atoms with Crippen molar-refractivity contribution in [3.05, 3.63) is 16.3 Å². The molecule has 3 aliphatic rings. The third-order valence-corrected chi connectivity index (χ3v) is 8.25. The molecule has 6 nitrogen and oxygen atoms in total. The van der Waals surface area contributed by atoms with E-state index in [4.69, 9.17) is 14.2 Å². The van der Waals surface area contributed by atoms with E-state index >= 15 is 0 Å². The molecule has 3 fully saturated rings. The van der Waals surface area contributed by atoms with Crippen LogP contribution in [0.4, 0.5) is 5.69 Å². The number of methoxy groups -OCH3 is 1. The number of rotatable bonds is 6. The first-order chi connectivity index (χ1) is 15.6. The number of anilines is 1. The van der Waals surface area contributed by atoms with E-state index in [1.807, 2.05) is 16.3 Å². The summed E-state index contributed by atoms with van der Waals surface area (Å²) in [4.78, 5) is 28.7. The van der Waals surface area contributed by atoms with Gasteiger partial charge in [-0.15, -0.1) is 11.3 Å². The molecular formula is C25H37NO5S. The summed E-state index contributed by atoms with van der Waals surface area (Å²) in [6, 6.07) is 2.01. The minimum atomic E-state index is -0.364. The summed E-state index contributed by atoms with van der Waals surface area (Å²) < 4.78 is 17.0. The van der Waals surface area contributed by atoms with Crippen LogP contribution in [0.15, 0.2) is 11.4 Å². The van der Waals surface area contributed by atoms with Crippen molar-refractivity contribution in [2.24, 2.45) is 11.8 Å². The molecule has 2 saturated carbocycles. The lowest BCUT2D eigenvalue weighted by Gasteiger charge is -2.40. The van der Waals surface area contributed by atoms with Gasteiger partial charge in [-0.25, -0.2) is 4.79 Å². The van der Waals surface area contributed by atoms with Gasteiger partial charge in [0.15, 0.2) is 6.29 Å². The first kappa shape index (κ1) is 23.7. The highest BCUT2D eigenvalue weighted by atomic mass is 32.1. The van der Waals surface area contributed by atoms with Crippen LogP contribution in [-0.2, 0) is 19.0 Å². The fraction of sp³-hybridized carbons (Fsp3) is 0.760. The quantitative estimate of drug-likeness (QED) is 0.518. The van der Waals surface area contributed by atoms with E-state index < -0.39 is 0 Å². The second kappa shape index (κ2) is 11.1. The zero-order chi connectivity index (χ0) is 22.5. The third kappa shape index (κ3) is 5.54. The summed E-state index contributed by atoms with van der Waals surface area (Å²) in [7, 11) is 1.40. The largest absolute Gasteiger partial charge is 0.465 e. The van der Waals surface area contributed by atoms with E-state index in [0.717, 1.165) is 82.9 Å². The Morgan fingerprint density at radius 2 is 1.78 bits per heavy atom. The topological polar surface area (TPSA) is 65.1 Å². The minimum Gasteiger partial charge on any atom is -0.465 e. The molecule has 4 rings (SSSR count). The second-order valence-corrected chi connectivity index (χ2v) is 10.6. The zero-order valence-electron chi connectivity index (χ0n) is 19.4. The number of thiophene rings is 1. The molecule has 2 aliphatic carbocycles. The average molecular weight is 464 g/mol. The van der Waals surface area contributed by atoms with Crippen molar-refractivity contribution in [2.75, 3.05) is 18.6 Å². The smallest absolute Gasteiger partial charge is 0.350 e. The van der Waals surface area contributed by atoms with Crippen LogP contribution in [0.3, 0.4) is 0 Å². The van der Waals surface area contributed by atoms with Gasteiger partial charge < -0.3 is 19.1 Å². The van der Waals surface area contributed by atoms with Crippen molar-refractivity contribution < 1.29 is 23.8 Å². The van der Waals surface area contributed by atoms with Gasteiger partial charge in [0.05, 0.1) is 18.9 Å². The van der Waals surface area contributed by atoms with Gasteiger partial charge in [-0.1, -0.05) is 6.92 Å². The summed E-state index contributed by atoms with van der Waals surface area (Å²) in [5.74, 6) is 0.548. The Hall–Kier alpha value is -1.44. The Morgan fingerprint density at radius 1 is 1.03 bits per heavy atom. The summed E-state index contributed by atoms with van der Waals surface area (Å²) >= 11 is 1.35. The number of carbonyl (C=O) groups excluding carboxylic acids is 2. The molecule has 1 atom stereocenters. The lowest BCUT2D eigenvalue weighted by Crippen LogP contribution is -2.47. The predicted octanol–water partition coefficient (Wildman–Crippen LogP) is 5.55.